The quantitative estimate of drug-likeness (QED) is 0.635. The maximum atomic E-state index is 13.1. The van der Waals surface area contributed by atoms with E-state index in [1.54, 1.807) is 49.0 Å². The van der Waals surface area contributed by atoms with Gasteiger partial charge in [0.25, 0.3) is 5.91 Å². The Bertz CT molecular complexity index is 1070. The first-order chi connectivity index (χ1) is 15.0. The lowest BCUT2D eigenvalue weighted by Crippen LogP contribution is -2.52. The van der Waals surface area contributed by atoms with E-state index < -0.39 is 12.1 Å². The molecule has 3 aromatic rings. The van der Waals surface area contributed by atoms with Crippen LogP contribution in [0.2, 0.25) is 0 Å². The fourth-order valence-electron chi connectivity index (χ4n) is 3.44. The van der Waals surface area contributed by atoms with Crippen LogP contribution in [0.1, 0.15) is 13.8 Å². The zero-order valence-corrected chi connectivity index (χ0v) is 17.4. The summed E-state index contributed by atoms with van der Waals surface area (Å²) in [7, 11) is 0. The molecule has 1 N–H and O–H groups in total. The highest BCUT2D eigenvalue weighted by atomic mass is 16.5. The van der Waals surface area contributed by atoms with Crippen molar-refractivity contribution in [1.29, 1.82) is 0 Å². The number of nitrogens with one attached hydrogen (secondary N) is 1. The number of fused-ring (bicyclic) bond motifs is 1. The summed E-state index contributed by atoms with van der Waals surface area (Å²) in [6, 6.07) is 15.5. The number of para-hydroxylation sites is 4. The third-order valence-electron chi connectivity index (χ3n) is 5.06. The molecule has 8 heteroatoms. The molecule has 0 aliphatic carbocycles. The van der Waals surface area contributed by atoms with Gasteiger partial charge in [-0.3, -0.25) is 19.2 Å². The predicted octanol–water partition coefficient (Wildman–Crippen LogP) is 3.10. The van der Waals surface area contributed by atoms with Crippen LogP contribution in [0.3, 0.4) is 0 Å². The van der Waals surface area contributed by atoms with Crippen molar-refractivity contribution >= 4 is 23.2 Å². The molecule has 1 aliphatic rings. The van der Waals surface area contributed by atoms with Gasteiger partial charge in [-0.15, -0.1) is 0 Å². The van der Waals surface area contributed by atoms with Crippen LogP contribution in [0.15, 0.2) is 67.0 Å². The highest BCUT2D eigenvalue weighted by Crippen LogP contribution is 2.35. The Morgan fingerprint density at radius 2 is 1.97 bits per heavy atom. The van der Waals surface area contributed by atoms with Gasteiger partial charge in [0.2, 0.25) is 5.91 Å². The SMILES string of the molecule is C[C@@H]1Oc2ccccc2N([C@@H](C)C(=O)Nc2ccccc2OCCn2cccn2)C1=O. The molecule has 4 rings (SSSR count). The van der Waals surface area contributed by atoms with Gasteiger partial charge in [0.05, 0.1) is 17.9 Å². The van der Waals surface area contributed by atoms with Gasteiger partial charge in [0.15, 0.2) is 6.10 Å². The third kappa shape index (κ3) is 4.37. The number of ether oxygens (including phenoxy) is 2. The first kappa shape index (κ1) is 20.5. The van der Waals surface area contributed by atoms with Crippen LogP contribution in [0.5, 0.6) is 11.5 Å². The molecule has 0 bridgehead atoms. The van der Waals surface area contributed by atoms with Crippen molar-refractivity contribution in [2.24, 2.45) is 0 Å². The normalized spacial score (nSPS) is 16.3. The standard InChI is InChI=1S/C23H24N4O4/c1-16(27-19-9-4-6-11-21(19)31-17(2)23(27)29)22(28)25-18-8-3-5-10-20(18)30-15-14-26-13-7-12-24-26/h3-13,16-17H,14-15H2,1-2H3,(H,25,28)/t16-,17-/m0/s1. The molecule has 31 heavy (non-hydrogen) atoms. The summed E-state index contributed by atoms with van der Waals surface area (Å²) in [4.78, 5) is 27.4. The van der Waals surface area contributed by atoms with Crippen molar-refractivity contribution in [2.45, 2.75) is 32.5 Å². The van der Waals surface area contributed by atoms with E-state index in [1.165, 1.54) is 4.90 Å². The Balaban J connectivity index is 1.47. The van der Waals surface area contributed by atoms with E-state index in [-0.39, 0.29) is 11.8 Å². The number of hydrogen-bond acceptors (Lipinski definition) is 5. The topological polar surface area (TPSA) is 85.7 Å². The minimum Gasteiger partial charge on any atom is -0.489 e. The average Bonchev–Trinajstić information content (AvgIpc) is 3.29. The highest BCUT2D eigenvalue weighted by molar-refractivity contribution is 6.08. The second-order valence-corrected chi connectivity index (χ2v) is 7.22. The first-order valence-corrected chi connectivity index (χ1v) is 10.1. The average molecular weight is 420 g/mol. The summed E-state index contributed by atoms with van der Waals surface area (Å²) in [5.41, 5.74) is 1.12. The van der Waals surface area contributed by atoms with Crippen molar-refractivity contribution < 1.29 is 19.1 Å². The summed E-state index contributed by atoms with van der Waals surface area (Å²) in [5, 5.41) is 7.04. The maximum Gasteiger partial charge on any atom is 0.268 e. The number of carbonyl (C=O) groups excluding carboxylic acids is 2. The molecule has 8 nitrogen and oxygen atoms in total. The molecule has 2 aromatic carbocycles. The van der Waals surface area contributed by atoms with Crippen LogP contribution in [-0.4, -0.2) is 40.3 Å². The van der Waals surface area contributed by atoms with Crippen LogP contribution in [0, 0.1) is 0 Å². The lowest BCUT2D eigenvalue weighted by molar-refractivity contribution is -0.128. The molecular weight excluding hydrogens is 396 g/mol. The molecule has 0 saturated heterocycles. The monoisotopic (exact) mass is 420 g/mol. The Hall–Kier alpha value is -3.81. The molecule has 0 fully saturated rings. The number of aromatic nitrogens is 2. The van der Waals surface area contributed by atoms with Gasteiger partial charge < -0.3 is 14.8 Å². The van der Waals surface area contributed by atoms with Crippen molar-refractivity contribution in [1.82, 2.24) is 9.78 Å². The Labute approximate surface area is 180 Å². The lowest BCUT2D eigenvalue weighted by atomic mass is 10.1. The summed E-state index contributed by atoms with van der Waals surface area (Å²) in [6.07, 6.45) is 2.90. The van der Waals surface area contributed by atoms with Crippen molar-refractivity contribution in [3.05, 3.63) is 67.0 Å². The molecule has 0 unspecified atom stereocenters. The van der Waals surface area contributed by atoms with Crippen LogP contribution in [0.25, 0.3) is 0 Å². The molecule has 2 heterocycles. The summed E-state index contributed by atoms with van der Waals surface area (Å²) >= 11 is 0. The minimum absolute atomic E-state index is 0.259. The van der Waals surface area contributed by atoms with E-state index in [0.29, 0.717) is 36.0 Å². The molecule has 2 atom stereocenters. The Morgan fingerprint density at radius 1 is 1.19 bits per heavy atom. The first-order valence-electron chi connectivity index (χ1n) is 10.1. The van der Waals surface area contributed by atoms with E-state index in [1.807, 2.05) is 36.5 Å². The maximum absolute atomic E-state index is 13.1. The van der Waals surface area contributed by atoms with E-state index in [0.717, 1.165) is 0 Å². The van der Waals surface area contributed by atoms with Gasteiger partial charge in [-0.05, 0) is 44.2 Å². The van der Waals surface area contributed by atoms with Crippen molar-refractivity contribution in [3.8, 4) is 11.5 Å². The molecule has 0 radical (unpaired) electrons. The number of benzene rings is 2. The smallest absolute Gasteiger partial charge is 0.268 e. The largest absolute Gasteiger partial charge is 0.489 e. The number of carbonyl (C=O) groups is 2. The van der Waals surface area contributed by atoms with Crippen LogP contribution >= 0.6 is 0 Å². The Morgan fingerprint density at radius 3 is 2.77 bits per heavy atom. The summed E-state index contributed by atoms with van der Waals surface area (Å²) in [6.45, 7) is 4.36. The highest BCUT2D eigenvalue weighted by Gasteiger charge is 2.37. The van der Waals surface area contributed by atoms with Crippen LogP contribution in [0.4, 0.5) is 11.4 Å². The van der Waals surface area contributed by atoms with Gasteiger partial charge >= 0.3 is 0 Å². The fraction of sp³-hybridized carbons (Fsp3) is 0.261. The molecule has 0 spiro atoms. The number of anilines is 2. The molecule has 1 aliphatic heterocycles. The second kappa shape index (κ2) is 8.91. The molecule has 0 saturated carbocycles. The van der Waals surface area contributed by atoms with E-state index in [2.05, 4.69) is 10.4 Å². The lowest BCUT2D eigenvalue weighted by Gasteiger charge is -2.36. The number of rotatable bonds is 7. The number of amides is 2. The van der Waals surface area contributed by atoms with Crippen LogP contribution in [-0.2, 0) is 16.1 Å². The molecule has 2 amide bonds. The van der Waals surface area contributed by atoms with Crippen molar-refractivity contribution in [2.75, 3.05) is 16.8 Å². The Kier molecular flexibility index (Phi) is 5.88. The molecule has 160 valence electrons. The zero-order valence-electron chi connectivity index (χ0n) is 17.4. The van der Waals surface area contributed by atoms with E-state index >= 15 is 0 Å². The second-order valence-electron chi connectivity index (χ2n) is 7.22. The molecule has 1 aromatic heterocycles. The third-order valence-corrected chi connectivity index (χ3v) is 5.06. The zero-order chi connectivity index (χ0) is 21.8. The van der Waals surface area contributed by atoms with E-state index in [9.17, 15) is 9.59 Å². The fourth-order valence-corrected chi connectivity index (χ4v) is 3.44. The molecular formula is C23H24N4O4. The minimum atomic E-state index is -0.739. The van der Waals surface area contributed by atoms with E-state index in [4.69, 9.17) is 9.47 Å². The van der Waals surface area contributed by atoms with Gasteiger partial charge in [-0.25, -0.2) is 0 Å². The number of hydrogen-bond donors (Lipinski definition) is 1. The summed E-state index contributed by atoms with van der Waals surface area (Å²) < 4.78 is 13.3. The van der Waals surface area contributed by atoms with Gasteiger partial charge in [-0.1, -0.05) is 24.3 Å². The van der Waals surface area contributed by atoms with Crippen molar-refractivity contribution in [3.63, 3.8) is 0 Å². The predicted molar refractivity (Wildman–Crippen MR) is 116 cm³/mol. The summed E-state index contributed by atoms with van der Waals surface area (Å²) in [5.74, 6) is 0.555. The van der Waals surface area contributed by atoms with Gasteiger partial charge in [0.1, 0.15) is 24.1 Å². The van der Waals surface area contributed by atoms with Crippen LogP contribution < -0.4 is 19.7 Å². The van der Waals surface area contributed by atoms with Gasteiger partial charge in [-0.2, -0.15) is 5.10 Å². The van der Waals surface area contributed by atoms with Gasteiger partial charge in [0, 0.05) is 12.4 Å². The number of nitrogens with zero attached hydrogens (tertiary/aromatic N) is 3.